The molecule has 0 aromatic carbocycles. The molecule has 0 bridgehead atoms. The van der Waals surface area contributed by atoms with Crippen LogP contribution in [0, 0.1) is 0 Å². The molecule has 0 unspecified atom stereocenters. The molecule has 0 radical (unpaired) electrons. The SMILES string of the molecule is COCCC(=O)N1CC[C@@H](N(C)Cc2ncccn2)C1. The van der Waals surface area contributed by atoms with E-state index in [4.69, 9.17) is 4.74 Å². The fourth-order valence-corrected chi connectivity index (χ4v) is 2.44. The summed E-state index contributed by atoms with van der Waals surface area (Å²) in [7, 11) is 3.68. The molecule has 1 fully saturated rings. The number of hydrogen-bond acceptors (Lipinski definition) is 5. The Morgan fingerprint density at radius 3 is 2.95 bits per heavy atom. The van der Waals surface area contributed by atoms with E-state index in [0.717, 1.165) is 25.3 Å². The van der Waals surface area contributed by atoms with Gasteiger partial charge in [0.15, 0.2) is 0 Å². The Kier molecular flexibility index (Phi) is 5.43. The molecule has 2 heterocycles. The minimum Gasteiger partial charge on any atom is -0.384 e. The second-order valence-electron chi connectivity index (χ2n) is 5.11. The van der Waals surface area contributed by atoms with E-state index in [2.05, 4.69) is 21.9 Å². The molecule has 20 heavy (non-hydrogen) atoms. The summed E-state index contributed by atoms with van der Waals surface area (Å²) in [6.07, 6.45) is 4.98. The number of hydrogen-bond donors (Lipinski definition) is 0. The predicted octanol–water partition coefficient (Wildman–Crippen LogP) is 0.546. The molecule has 6 heteroatoms. The normalized spacial score (nSPS) is 18.8. The van der Waals surface area contributed by atoms with Crippen LogP contribution < -0.4 is 0 Å². The van der Waals surface area contributed by atoms with Crippen LogP contribution in [0.1, 0.15) is 18.7 Å². The van der Waals surface area contributed by atoms with Gasteiger partial charge in [0.2, 0.25) is 5.91 Å². The fraction of sp³-hybridized carbons (Fsp3) is 0.643. The first-order valence-corrected chi connectivity index (χ1v) is 6.93. The maximum Gasteiger partial charge on any atom is 0.224 e. The number of rotatable bonds is 6. The Balaban J connectivity index is 1.81. The first-order valence-electron chi connectivity index (χ1n) is 6.93. The molecule has 110 valence electrons. The lowest BCUT2D eigenvalue weighted by Gasteiger charge is -2.23. The third-order valence-corrected chi connectivity index (χ3v) is 3.67. The van der Waals surface area contributed by atoms with Gasteiger partial charge >= 0.3 is 0 Å². The Labute approximate surface area is 119 Å². The number of amides is 1. The third kappa shape index (κ3) is 3.98. The van der Waals surface area contributed by atoms with Crippen molar-refractivity contribution in [2.24, 2.45) is 0 Å². The van der Waals surface area contributed by atoms with Crippen LogP contribution in [0.3, 0.4) is 0 Å². The van der Waals surface area contributed by atoms with Gasteiger partial charge in [0.1, 0.15) is 5.82 Å². The number of carbonyl (C=O) groups is 1. The Morgan fingerprint density at radius 2 is 2.25 bits per heavy atom. The van der Waals surface area contributed by atoms with Crippen molar-refractivity contribution in [2.75, 3.05) is 33.9 Å². The van der Waals surface area contributed by atoms with E-state index in [1.165, 1.54) is 0 Å². The molecule has 1 saturated heterocycles. The summed E-state index contributed by atoms with van der Waals surface area (Å²) in [5, 5.41) is 0. The fourth-order valence-electron chi connectivity index (χ4n) is 2.44. The van der Waals surface area contributed by atoms with Crippen LogP contribution in [-0.4, -0.2) is 65.6 Å². The van der Waals surface area contributed by atoms with Crippen LogP contribution >= 0.6 is 0 Å². The summed E-state index contributed by atoms with van der Waals surface area (Å²) in [5.41, 5.74) is 0. The minimum absolute atomic E-state index is 0.179. The van der Waals surface area contributed by atoms with Gasteiger partial charge in [0, 0.05) is 38.6 Å². The lowest BCUT2D eigenvalue weighted by molar-refractivity contribution is -0.131. The Bertz CT molecular complexity index is 426. The van der Waals surface area contributed by atoms with Crippen LogP contribution in [-0.2, 0) is 16.1 Å². The molecule has 0 saturated carbocycles. The van der Waals surface area contributed by atoms with Crippen LogP contribution in [0.25, 0.3) is 0 Å². The maximum absolute atomic E-state index is 11.9. The summed E-state index contributed by atoms with van der Waals surface area (Å²) in [6.45, 7) is 2.82. The summed E-state index contributed by atoms with van der Waals surface area (Å²) in [6, 6.07) is 2.19. The molecule has 1 amide bonds. The standard InChI is InChI=1S/C14H22N4O2/c1-17(11-13-15-6-3-7-16-13)12-4-8-18(10-12)14(19)5-9-20-2/h3,6-7,12H,4-5,8-11H2,1-2H3/t12-/m1/s1. The van der Waals surface area contributed by atoms with Crippen molar-refractivity contribution >= 4 is 5.91 Å². The van der Waals surface area contributed by atoms with Crippen molar-refractivity contribution in [1.82, 2.24) is 19.8 Å². The van der Waals surface area contributed by atoms with Crippen LogP contribution in [0.5, 0.6) is 0 Å². The highest BCUT2D eigenvalue weighted by atomic mass is 16.5. The zero-order valence-corrected chi connectivity index (χ0v) is 12.2. The molecule has 1 aromatic rings. The average Bonchev–Trinajstić information content (AvgIpc) is 2.96. The zero-order chi connectivity index (χ0) is 14.4. The number of ether oxygens (including phenoxy) is 1. The molecular weight excluding hydrogens is 256 g/mol. The molecule has 0 spiro atoms. The van der Waals surface area contributed by atoms with E-state index in [1.54, 1.807) is 19.5 Å². The monoisotopic (exact) mass is 278 g/mol. The van der Waals surface area contributed by atoms with E-state index in [-0.39, 0.29) is 5.91 Å². The van der Waals surface area contributed by atoms with Crippen molar-refractivity contribution in [2.45, 2.75) is 25.4 Å². The molecule has 0 N–H and O–H groups in total. The van der Waals surface area contributed by atoms with Crippen molar-refractivity contribution in [3.8, 4) is 0 Å². The second-order valence-corrected chi connectivity index (χ2v) is 5.11. The quantitative estimate of drug-likeness (QED) is 0.760. The summed E-state index contributed by atoms with van der Waals surface area (Å²) in [4.78, 5) is 24.5. The van der Waals surface area contributed by atoms with Gasteiger partial charge in [-0.1, -0.05) is 0 Å². The van der Waals surface area contributed by atoms with Crippen molar-refractivity contribution in [3.05, 3.63) is 24.3 Å². The van der Waals surface area contributed by atoms with Crippen molar-refractivity contribution in [1.29, 1.82) is 0 Å². The van der Waals surface area contributed by atoms with E-state index < -0.39 is 0 Å². The highest BCUT2D eigenvalue weighted by Crippen LogP contribution is 2.16. The van der Waals surface area contributed by atoms with E-state index in [9.17, 15) is 4.79 Å². The van der Waals surface area contributed by atoms with Crippen LogP contribution in [0.2, 0.25) is 0 Å². The van der Waals surface area contributed by atoms with Crippen molar-refractivity contribution in [3.63, 3.8) is 0 Å². The summed E-state index contributed by atoms with van der Waals surface area (Å²) < 4.78 is 4.95. The molecule has 1 aliphatic rings. The number of likely N-dealkylation sites (tertiary alicyclic amines) is 1. The number of nitrogens with zero attached hydrogens (tertiary/aromatic N) is 4. The van der Waals surface area contributed by atoms with Gasteiger partial charge in [-0.15, -0.1) is 0 Å². The van der Waals surface area contributed by atoms with Crippen molar-refractivity contribution < 1.29 is 9.53 Å². The van der Waals surface area contributed by atoms with Gasteiger partial charge in [-0.3, -0.25) is 9.69 Å². The highest BCUT2D eigenvalue weighted by molar-refractivity contribution is 5.76. The minimum atomic E-state index is 0.179. The lowest BCUT2D eigenvalue weighted by atomic mass is 10.2. The summed E-state index contributed by atoms with van der Waals surface area (Å²) in [5.74, 6) is 0.998. The predicted molar refractivity (Wildman–Crippen MR) is 75.0 cm³/mol. The largest absolute Gasteiger partial charge is 0.384 e. The first kappa shape index (κ1) is 14.9. The molecular formula is C14H22N4O2. The molecule has 1 aromatic heterocycles. The van der Waals surface area contributed by atoms with Crippen LogP contribution in [0.4, 0.5) is 0 Å². The molecule has 1 atom stereocenters. The van der Waals surface area contributed by atoms with E-state index in [0.29, 0.717) is 25.6 Å². The Morgan fingerprint density at radius 1 is 1.50 bits per heavy atom. The number of likely N-dealkylation sites (N-methyl/N-ethyl adjacent to an activating group) is 1. The molecule has 0 aliphatic carbocycles. The maximum atomic E-state index is 11.9. The van der Waals surface area contributed by atoms with E-state index >= 15 is 0 Å². The first-order chi connectivity index (χ1) is 9.70. The van der Waals surface area contributed by atoms with E-state index in [1.807, 2.05) is 11.0 Å². The summed E-state index contributed by atoms with van der Waals surface area (Å²) >= 11 is 0. The number of aromatic nitrogens is 2. The van der Waals surface area contributed by atoms with Gasteiger partial charge in [-0.2, -0.15) is 0 Å². The van der Waals surface area contributed by atoms with Gasteiger partial charge in [0.05, 0.1) is 19.6 Å². The number of methoxy groups -OCH3 is 1. The third-order valence-electron chi connectivity index (χ3n) is 3.67. The highest BCUT2D eigenvalue weighted by Gasteiger charge is 2.28. The zero-order valence-electron chi connectivity index (χ0n) is 12.2. The second kappa shape index (κ2) is 7.31. The van der Waals surface area contributed by atoms with Gasteiger partial charge in [-0.25, -0.2) is 9.97 Å². The van der Waals surface area contributed by atoms with Crippen LogP contribution in [0.15, 0.2) is 18.5 Å². The number of carbonyl (C=O) groups excluding carboxylic acids is 1. The smallest absolute Gasteiger partial charge is 0.224 e. The lowest BCUT2D eigenvalue weighted by Crippen LogP contribution is -2.36. The van der Waals surface area contributed by atoms with Gasteiger partial charge in [0.25, 0.3) is 0 Å². The molecule has 2 rings (SSSR count). The van der Waals surface area contributed by atoms with Gasteiger partial charge in [-0.05, 0) is 19.5 Å². The average molecular weight is 278 g/mol. The molecule has 1 aliphatic heterocycles. The Hall–Kier alpha value is -1.53. The topological polar surface area (TPSA) is 58.6 Å². The van der Waals surface area contributed by atoms with Gasteiger partial charge < -0.3 is 9.64 Å². The molecule has 6 nitrogen and oxygen atoms in total.